The van der Waals surface area contributed by atoms with Crippen molar-refractivity contribution in [3.63, 3.8) is 0 Å². The number of furan rings is 1. The zero-order chi connectivity index (χ0) is 17.9. The molecule has 1 fully saturated rings. The number of ether oxygens (including phenoxy) is 2. The largest absolute Gasteiger partial charge is 0.497 e. The summed E-state index contributed by atoms with van der Waals surface area (Å²) < 4.78 is 17.1. The molecule has 0 spiro atoms. The highest BCUT2D eigenvalue weighted by molar-refractivity contribution is 6.07. The van der Waals surface area contributed by atoms with Crippen molar-refractivity contribution in [2.45, 2.75) is 25.7 Å². The maximum atomic E-state index is 12.6. The van der Waals surface area contributed by atoms with Gasteiger partial charge in [0.2, 0.25) is 5.76 Å². The van der Waals surface area contributed by atoms with Crippen LogP contribution < -0.4 is 14.8 Å². The number of hydrogen-bond donors (Lipinski definition) is 2. The molecule has 9 nitrogen and oxygen atoms in total. The number of H-pyrrole nitrogens is 1. The van der Waals surface area contributed by atoms with Gasteiger partial charge in [0.1, 0.15) is 11.3 Å². The first kappa shape index (κ1) is 16.4. The van der Waals surface area contributed by atoms with Crippen molar-refractivity contribution < 1.29 is 18.7 Å². The van der Waals surface area contributed by atoms with Crippen molar-refractivity contribution in [3.8, 4) is 11.5 Å². The number of fused-ring (bicyclic) bond motifs is 1. The fraction of sp³-hybridized carbons (Fsp3) is 0.412. The minimum absolute atomic E-state index is 0.0646. The van der Waals surface area contributed by atoms with Crippen molar-refractivity contribution >= 4 is 22.8 Å². The first-order chi connectivity index (χ1) is 12.7. The van der Waals surface area contributed by atoms with Gasteiger partial charge in [-0.3, -0.25) is 10.1 Å². The van der Waals surface area contributed by atoms with E-state index in [4.69, 9.17) is 13.9 Å². The molecular weight excluding hydrogens is 338 g/mol. The van der Waals surface area contributed by atoms with Crippen LogP contribution in [-0.2, 0) is 0 Å². The molecule has 1 aliphatic carbocycles. The number of methoxy groups -OCH3 is 1. The zero-order valence-electron chi connectivity index (χ0n) is 14.3. The van der Waals surface area contributed by atoms with Crippen LogP contribution >= 0.6 is 0 Å². The molecule has 1 aromatic carbocycles. The summed E-state index contributed by atoms with van der Waals surface area (Å²) in [6.07, 6.45) is 4.73. The second-order valence-electron chi connectivity index (χ2n) is 6.27. The number of rotatable bonds is 6. The first-order valence-corrected chi connectivity index (χ1v) is 8.52. The molecule has 2 heterocycles. The summed E-state index contributed by atoms with van der Waals surface area (Å²) in [7, 11) is 1.59. The third kappa shape index (κ3) is 3.19. The summed E-state index contributed by atoms with van der Waals surface area (Å²) in [5.41, 5.74) is 0.547. The Hall–Kier alpha value is -3.10. The van der Waals surface area contributed by atoms with Gasteiger partial charge in [0.25, 0.3) is 11.9 Å². The van der Waals surface area contributed by atoms with Gasteiger partial charge in [-0.2, -0.15) is 5.21 Å². The van der Waals surface area contributed by atoms with Crippen LogP contribution in [0.5, 0.6) is 11.5 Å². The highest BCUT2D eigenvalue weighted by Crippen LogP contribution is 2.37. The summed E-state index contributed by atoms with van der Waals surface area (Å²) in [6.45, 7) is 0.550. The molecule has 2 aromatic heterocycles. The van der Waals surface area contributed by atoms with Gasteiger partial charge >= 0.3 is 0 Å². The van der Waals surface area contributed by atoms with Crippen molar-refractivity contribution in [1.82, 2.24) is 20.6 Å². The first-order valence-electron chi connectivity index (χ1n) is 8.52. The summed E-state index contributed by atoms with van der Waals surface area (Å²) in [5.74, 6) is 1.22. The van der Waals surface area contributed by atoms with Crippen molar-refractivity contribution in [2.24, 2.45) is 5.92 Å². The highest BCUT2D eigenvalue weighted by atomic mass is 16.5. The van der Waals surface area contributed by atoms with Gasteiger partial charge in [0.05, 0.1) is 19.1 Å². The monoisotopic (exact) mass is 357 g/mol. The molecule has 0 atom stereocenters. The normalized spacial score (nSPS) is 14.7. The maximum absolute atomic E-state index is 12.6. The van der Waals surface area contributed by atoms with E-state index in [1.54, 1.807) is 25.3 Å². The predicted octanol–water partition coefficient (Wildman–Crippen LogP) is 2.78. The topological polar surface area (TPSA) is 115 Å². The Morgan fingerprint density at radius 2 is 2.23 bits per heavy atom. The van der Waals surface area contributed by atoms with Crippen LogP contribution in [0.3, 0.4) is 0 Å². The lowest BCUT2D eigenvalue weighted by Crippen LogP contribution is -2.15. The van der Waals surface area contributed by atoms with E-state index >= 15 is 0 Å². The van der Waals surface area contributed by atoms with Crippen LogP contribution in [-0.4, -0.2) is 40.2 Å². The van der Waals surface area contributed by atoms with Gasteiger partial charge in [-0.05, 0) is 42.2 Å². The summed E-state index contributed by atoms with van der Waals surface area (Å²) in [5, 5.41) is 16.4. The number of nitrogens with zero attached hydrogens (tertiary/aromatic N) is 3. The predicted molar refractivity (Wildman–Crippen MR) is 92.3 cm³/mol. The quantitative estimate of drug-likeness (QED) is 0.697. The molecule has 136 valence electrons. The number of carbonyl (C=O) groups is 1. The fourth-order valence-corrected chi connectivity index (χ4v) is 3.23. The summed E-state index contributed by atoms with van der Waals surface area (Å²) >= 11 is 0. The summed E-state index contributed by atoms with van der Waals surface area (Å²) in [4.78, 5) is 12.6. The maximum Gasteiger partial charge on any atom is 0.297 e. The number of aromatic nitrogens is 4. The molecule has 1 saturated carbocycles. The molecule has 2 N–H and O–H groups in total. The second-order valence-corrected chi connectivity index (χ2v) is 6.27. The Bertz CT molecular complexity index is 899. The van der Waals surface area contributed by atoms with Gasteiger partial charge in [-0.25, -0.2) is 0 Å². The van der Waals surface area contributed by atoms with E-state index in [2.05, 4.69) is 25.9 Å². The number of aromatic amines is 1. The molecular formula is C17H19N5O4. The van der Waals surface area contributed by atoms with Crippen molar-refractivity contribution in [2.75, 3.05) is 19.0 Å². The van der Waals surface area contributed by atoms with Crippen LogP contribution in [0.2, 0.25) is 0 Å². The molecule has 0 bridgehead atoms. The van der Waals surface area contributed by atoms with Gasteiger partial charge in [0, 0.05) is 0 Å². The molecule has 0 radical (unpaired) electrons. The Morgan fingerprint density at radius 1 is 1.38 bits per heavy atom. The van der Waals surface area contributed by atoms with E-state index in [0.29, 0.717) is 35.0 Å². The molecule has 26 heavy (non-hydrogen) atoms. The fourth-order valence-electron chi connectivity index (χ4n) is 3.23. The lowest BCUT2D eigenvalue weighted by molar-refractivity contribution is 0.0991. The van der Waals surface area contributed by atoms with E-state index in [9.17, 15) is 4.79 Å². The van der Waals surface area contributed by atoms with E-state index in [-0.39, 0.29) is 11.7 Å². The number of tetrazole rings is 1. The van der Waals surface area contributed by atoms with E-state index < -0.39 is 5.91 Å². The Labute approximate surface area is 149 Å². The molecule has 0 saturated heterocycles. The smallest absolute Gasteiger partial charge is 0.297 e. The van der Waals surface area contributed by atoms with Crippen LogP contribution in [0, 0.1) is 5.92 Å². The van der Waals surface area contributed by atoms with Crippen molar-refractivity contribution in [3.05, 3.63) is 24.0 Å². The Kier molecular flexibility index (Phi) is 4.42. The standard InChI is InChI=1S/C17H19N5O4/c1-24-11-6-7-13-12(8-11)14(25-9-10-4-2-3-5-10)15(26-13)16(23)18-17-19-21-22-20-17/h6-8,10H,2-5,9H2,1H3,(H2,18,19,20,21,22,23). The Balaban J connectivity index is 1.67. The second kappa shape index (κ2) is 7.03. The summed E-state index contributed by atoms with van der Waals surface area (Å²) in [6, 6.07) is 5.32. The molecule has 0 aliphatic heterocycles. The van der Waals surface area contributed by atoms with Gasteiger partial charge < -0.3 is 13.9 Å². The van der Waals surface area contributed by atoms with E-state index in [0.717, 1.165) is 12.8 Å². The molecule has 4 rings (SSSR count). The van der Waals surface area contributed by atoms with E-state index in [1.165, 1.54) is 12.8 Å². The van der Waals surface area contributed by atoms with Gasteiger partial charge in [-0.15, -0.1) is 5.10 Å². The lowest BCUT2D eigenvalue weighted by atomic mass is 10.1. The third-order valence-electron chi connectivity index (χ3n) is 4.56. The number of hydrogen-bond acceptors (Lipinski definition) is 7. The van der Waals surface area contributed by atoms with E-state index in [1.807, 2.05) is 0 Å². The average Bonchev–Trinajstić information content (AvgIpc) is 3.40. The van der Waals surface area contributed by atoms with Crippen LogP contribution in [0.25, 0.3) is 11.0 Å². The van der Waals surface area contributed by atoms with Crippen LogP contribution in [0.4, 0.5) is 5.95 Å². The molecule has 1 aliphatic rings. The Morgan fingerprint density at radius 3 is 2.96 bits per heavy atom. The number of benzene rings is 1. The van der Waals surface area contributed by atoms with Gasteiger partial charge in [-0.1, -0.05) is 17.9 Å². The average molecular weight is 357 g/mol. The number of anilines is 1. The number of nitrogens with one attached hydrogen (secondary N) is 2. The van der Waals surface area contributed by atoms with Crippen molar-refractivity contribution in [1.29, 1.82) is 0 Å². The van der Waals surface area contributed by atoms with Crippen LogP contribution in [0.15, 0.2) is 22.6 Å². The highest BCUT2D eigenvalue weighted by Gasteiger charge is 2.25. The SMILES string of the molecule is COc1ccc2oc(C(=O)Nc3nn[nH]n3)c(OCC3CCCC3)c2c1. The molecule has 9 heteroatoms. The zero-order valence-corrected chi connectivity index (χ0v) is 14.3. The number of carbonyl (C=O) groups excluding carboxylic acids is 1. The molecule has 0 unspecified atom stereocenters. The lowest BCUT2D eigenvalue weighted by Gasteiger charge is -2.11. The van der Waals surface area contributed by atoms with Crippen LogP contribution in [0.1, 0.15) is 36.2 Å². The molecule has 1 amide bonds. The minimum atomic E-state index is -0.497. The van der Waals surface area contributed by atoms with Gasteiger partial charge in [0.15, 0.2) is 5.75 Å². The molecule has 3 aromatic rings. The third-order valence-corrected chi connectivity index (χ3v) is 4.56. The number of amides is 1. The minimum Gasteiger partial charge on any atom is -0.497 e.